The molecule has 5 rings (SSSR count). The Kier molecular flexibility index (Phi) is 5.86. The highest BCUT2D eigenvalue weighted by molar-refractivity contribution is 7.14. The number of amides is 2. The van der Waals surface area contributed by atoms with Crippen molar-refractivity contribution in [1.82, 2.24) is 15.0 Å². The highest BCUT2D eigenvalue weighted by Gasteiger charge is 2.14. The van der Waals surface area contributed by atoms with E-state index in [0.29, 0.717) is 32.4 Å². The summed E-state index contributed by atoms with van der Waals surface area (Å²) in [6.45, 7) is 0. The van der Waals surface area contributed by atoms with Gasteiger partial charge in [-0.25, -0.2) is 18.7 Å². The number of benzene rings is 2. The normalized spacial score (nSPS) is 11.0. The molecule has 2 amide bonds. The van der Waals surface area contributed by atoms with Gasteiger partial charge in [0.15, 0.2) is 5.13 Å². The van der Waals surface area contributed by atoms with Gasteiger partial charge in [-0.05, 0) is 47.8 Å². The molecular formula is C23H15F2N5O2S2. The molecule has 0 saturated heterocycles. The number of carbonyl (C=O) groups excluding carboxylic acids is 2. The van der Waals surface area contributed by atoms with Crippen molar-refractivity contribution in [3.8, 4) is 11.4 Å². The first-order valence-corrected chi connectivity index (χ1v) is 11.7. The largest absolute Gasteiger partial charge is 0.338 e. The molecule has 0 radical (unpaired) electrons. The number of aromatic nitrogens is 3. The van der Waals surface area contributed by atoms with Crippen LogP contribution in [0.2, 0.25) is 0 Å². The Labute approximate surface area is 199 Å². The zero-order valence-corrected chi connectivity index (χ0v) is 18.9. The summed E-state index contributed by atoms with van der Waals surface area (Å²) in [7, 11) is 0. The third-order valence-corrected chi connectivity index (χ3v) is 6.48. The van der Waals surface area contributed by atoms with Crippen LogP contribution >= 0.6 is 22.7 Å². The highest BCUT2D eigenvalue weighted by atomic mass is 32.1. The maximum absolute atomic E-state index is 14.1. The number of hydrogen-bond acceptors (Lipinski definition) is 6. The van der Waals surface area contributed by atoms with Gasteiger partial charge in [0, 0.05) is 11.1 Å². The van der Waals surface area contributed by atoms with E-state index < -0.39 is 11.6 Å². The number of halogens is 2. The van der Waals surface area contributed by atoms with Gasteiger partial charge in [0.1, 0.15) is 17.5 Å². The van der Waals surface area contributed by atoms with E-state index in [1.807, 2.05) is 5.38 Å². The van der Waals surface area contributed by atoms with Crippen LogP contribution in [0.5, 0.6) is 0 Å². The van der Waals surface area contributed by atoms with E-state index in [0.717, 1.165) is 18.2 Å². The van der Waals surface area contributed by atoms with Gasteiger partial charge in [-0.15, -0.1) is 22.7 Å². The van der Waals surface area contributed by atoms with Crippen molar-refractivity contribution < 1.29 is 18.4 Å². The first-order chi connectivity index (χ1) is 16.4. The molecule has 5 aromatic rings. The summed E-state index contributed by atoms with van der Waals surface area (Å²) < 4.78 is 27.6. The Morgan fingerprint density at radius 3 is 2.71 bits per heavy atom. The van der Waals surface area contributed by atoms with Crippen molar-refractivity contribution >= 4 is 56.3 Å². The number of carbonyl (C=O) groups is 2. The second kappa shape index (κ2) is 9.12. The van der Waals surface area contributed by atoms with Crippen LogP contribution in [0, 0.1) is 11.6 Å². The lowest BCUT2D eigenvalue weighted by Gasteiger charge is -2.04. The van der Waals surface area contributed by atoms with Crippen LogP contribution in [0.3, 0.4) is 0 Å². The van der Waals surface area contributed by atoms with E-state index in [1.54, 1.807) is 35.7 Å². The molecule has 0 aliphatic carbocycles. The van der Waals surface area contributed by atoms with Gasteiger partial charge in [0.05, 0.1) is 33.6 Å². The summed E-state index contributed by atoms with van der Waals surface area (Å²) in [5.41, 5.74) is 2.16. The van der Waals surface area contributed by atoms with E-state index in [9.17, 15) is 18.4 Å². The number of fused-ring (bicyclic) bond motifs is 1. The molecule has 0 unspecified atom stereocenters. The fourth-order valence-electron chi connectivity index (χ4n) is 3.28. The van der Waals surface area contributed by atoms with Gasteiger partial charge in [-0.3, -0.25) is 14.9 Å². The number of thiazole rings is 1. The molecule has 34 heavy (non-hydrogen) atoms. The lowest BCUT2D eigenvalue weighted by molar-refractivity contribution is -0.115. The molecule has 0 aliphatic heterocycles. The molecule has 11 heteroatoms. The minimum Gasteiger partial charge on any atom is -0.338 e. The predicted octanol–water partition coefficient (Wildman–Crippen LogP) is 5.46. The zero-order valence-electron chi connectivity index (χ0n) is 17.3. The van der Waals surface area contributed by atoms with Crippen molar-refractivity contribution in [2.45, 2.75) is 6.42 Å². The summed E-state index contributed by atoms with van der Waals surface area (Å²) in [4.78, 5) is 36.7. The molecule has 0 spiro atoms. The minimum atomic E-state index is -0.594. The summed E-state index contributed by atoms with van der Waals surface area (Å²) in [6.07, 6.45) is 0.0200. The molecule has 170 valence electrons. The van der Waals surface area contributed by atoms with Gasteiger partial charge < -0.3 is 10.3 Å². The number of hydrogen-bond donors (Lipinski definition) is 3. The van der Waals surface area contributed by atoms with Crippen LogP contribution in [-0.2, 0) is 11.2 Å². The van der Waals surface area contributed by atoms with Crippen LogP contribution in [0.15, 0.2) is 59.3 Å². The Hall–Kier alpha value is -3.96. The second-order valence-electron chi connectivity index (χ2n) is 7.24. The second-order valence-corrected chi connectivity index (χ2v) is 9.05. The van der Waals surface area contributed by atoms with Crippen LogP contribution in [-0.4, -0.2) is 26.8 Å². The third kappa shape index (κ3) is 4.70. The molecule has 7 nitrogen and oxygen atoms in total. The maximum atomic E-state index is 14.1. The zero-order chi connectivity index (χ0) is 23.7. The fourth-order valence-corrected chi connectivity index (χ4v) is 4.60. The van der Waals surface area contributed by atoms with Crippen molar-refractivity contribution in [3.05, 3.63) is 81.5 Å². The molecule has 0 fully saturated rings. The van der Waals surface area contributed by atoms with Crippen molar-refractivity contribution in [2.75, 3.05) is 10.6 Å². The molecular weight excluding hydrogens is 480 g/mol. The smallest absolute Gasteiger partial charge is 0.267 e. The number of anilines is 2. The summed E-state index contributed by atoms with van der Waals surface area (Å²) in [6, 6.07) is 11.7. The minimum absolute atomic E-state index is 0.0200. The van der Waals surface area contributed by atoms with Gasteiger partial charge >= 0.3 is 0 Å². The molecule has 0 atom stereocenters. The quantitative estimate of drug-likeness (QED) is 0.291. The number of rotatable bonds is 6. The maximum Gasteiger partial charge on any atom is 0.267 e. The third-order valence-electron chi connectivity index (χ3n) is 4.81. The van der Waals surface area contributed by atoms with Gasteiger partial charge in [-0.1, -0.05) is 6.07 Å². The number of nitrogens with zero attached hydrogens (tertiary/aromatic N) is 2. The SMILES string of the molecule is O=C(Cc1csc(NC(=O)c2cccs2)n1)Nc1ccc2nc(-c3cc(F)ccc3F)[nH]c2c1. The average molecular weight is 496 g/mol. The van der Waals surface area contributed by atoms with Crippen molar-refractivity contribution in [2.24, 2.45) is 0 Å². The molecule has 0 aliphatic rings. The van der Waals surface area contributed by atoms with E-state index in [-0.39, 0.29) is 29.6 Å². The van der Waals surface area contributed by atoms with Crippen molar-refractivity contribution in [1.29, 1.82) is 0 Å². The molecule has 3 N–H and O–H groups in total. The lowest BCUT2D eigenvalue weighted by Crippen LogP contribution is -2.15. The first-order valence-electron chi connectivity index (χ1n) is 9.99. The number of imidazole rings is 1. The Bertz CT molecular complexity index is 1510. The van der Waals surface area contributed by atoms with Crippen LogP contribution in [0.25, 0.3) is 22.4 Å². The first kappa shape index (κ1) is 21.9. The monoisotopic (exact) mass is 495 g/mol. The Balaban J connectivity index is 1.25. The molecule has 2 aromatic carbocycles. The predicted molar refractivity (Wildman–Crippen MR) is 128 cm³/mol. The highest BCUT2D eigenvalue weighted by Crippen LogP contribution is 2.26. The van der Waals surface area contributed by atoms with E-state index >= 15 is 0 Å². The number of thiophene rings is 1. The van der Waals surface area contributed by atoms with Gasteiger partial charge in [0.2, 0.25) is 5.91 Å². The van der Waals surface area contributed by atoms with Crippen LogP contribution in [0.4, 0.5) is 19.6 Å². The number of aromatic amines is 1. The summed E-state index contributed by atoms with van der Waals surface area (Å²) in [5.74, 6) is -1.51. The van der Waals surface area contributed by atoms with Gasteiger partial charge in [0.25, 0.3) is 5.91 Å². The topological polar surface area (TPSA) is 99.8 Å². The van der Waals surface area contributed by atoms with E-state index in [1.165, 1.54) is 22.7 Å². The Morgan fingerprint density at radius 1 is 1.00 bits per heavy atom. The Morgan fingerprint density at radius 2 is 1.88 bits per heavy atom. The molecule has 0 saturated carbocycles. The van der Waals surface area contributed by atoms with Crippen LogP contribution in [0.1, 0.15) is 15.4 Å². The summed E-state index contributed by atoms with van der Waals surface area (Å²) in [5, 5.41) is 9.44. The van der Waals surface area contributed by atoms with E-state index in [4.69, 9.17) is 0 Å². The molecule has 3 aromatic heterocycles. The standard InChI is InChI=1S/C23H15F2N5O2S2/c24-12-3-5-16(25)15(8-12)21-28-17-6-4-13(9-18(17)29-21)26-20(31)10-14-11-34-23(27-14)30-22(32)19-2-1-7-33-19/h1-9,11H,10H2,(H,26,31)(H,28,29)(H,27,30,32). The van der Waals surface area contributed by atoms with Crippen LogP contribution < -0.4 is 10.6 Å². The average Bonchev–Trinajstić information content (AvgIpc) is 3.56. The summed E-state index contributed by atoms with van der Waals surface area (Å²) >= 11 is 2.57. The van der Waals surface area contributed by atoms with E-state index in [2.05, 4.69) is 25.6 Å². The number of nitrogens with one attached hydrogen (secondary N) is 3. The number of H-pyrrole nitrogens is 1. The van der Waals surface area contributed by atoms with Gasteiger partial charge in [-0.2, -0.15) is 0 Å². The molecule has 3 heterocycles. The fraction of sp³-hybridized carbons (Fsp3) is 0.0435. The lowest BCUT2D eigenvalue weighted by atomic mass is 10.2. The van der Waals surface area contributed by atoms with Crippen molar-refractivity contribution in [3.63, 3.8) is 0 Å². The molecule has 0 bridgehead atoms.